The van der Waals surface area contributed by atoms with Gasteiger partial charge in [0.1, 0.15) is 11.5 Å². The molecule has 1 aliphatic heterocycles. The Morgan fingerprint density at radius 3 is 2.39 bits per heavy atom. The fraction of sp³-hybridized carbons (Fsp3) is 0.316. The third kappa shape index (κ3) is 4.67. The molecule has 1 saturated heterocycles. The third-order valence-electron chi connectivity index (χ3n) is 4.32. The molecular formula is C19H19Cl2NO5S. The van der Waals surface area contributed by atoms with Crippen LogP contribution in [0, 0.1) is 6.92 Å². The number of morpholine rings is 1. The van der Waals surface area contributed by atoms with Gasteiger partial charge in [0, 0.05) is 13.1 Å². The molecule has 1 fully saturated rings. The van der Waals surface area contributed by atoms with E-state index >= 15 is 0 Å². The maximum Gasteiger partial charge on any atom is 0.340 e. The largest absolute Gasteiger partial charge is 0.457 e. The summed E-state index contributed by atoms with van der Waals surface area (Å²) >= 11 is 12.2. The summed E-state index contributed by atoms with van der Waals surface area (Å²) in [6, 6.07) is 9.93. The third-order valence-corrected chi connectivity index (χ3v) is 7.00. The summed E-state index contributed by atoms with van der Waals surface area (Å²) in [7, 11) is -3.88. The van der Waals surface area contributed by atoms with E-state index in [1.807, 2.05) is 31.2 Å². The molecule has 0 aromatic heterocycles. The van der Waals surface area contributed by atoms with Crippen LogP contribution in [0.15, 0.2) is 41.3 Å². The van der Waals surface area contributed by atoms with E-state index in [0.717, 1.165) is 11.1 Å². The maximum absolute atomic E-state index is 12.9. The van der Waals surface area contributed by atoms with Gasteiger partial charge in [0.25, 0.3) is 0 Å². The first kappa shape index (κ1) is 21.1. The molecule has 28 heavy (non-hydrogen) atoms. The molecule has 2 aromatic carbocycles. The zero-order valence-corrected chi connectivity index (χ0v) is 17.5. The van der Waals surface area contributed by atoms with Gasteiger partial charge in [0.2, 0.25) is 10.0 Å². The van der Waals surface area contributed by atoms with Gasteiger partial charge in [-0.25, -0.2) is 13.2 Å². The Bertz CT molecular complexity index is 971. The van der Waals surface area contributed by atoms with Gasteiger partial charge >= 0.3 is 5.97 Å². The lowest BCUT2D eigenvalue weighted by Crippen LogP contribution is -2.40. The molecule has 9 heteroatoms. The Labute approximate surface area is 174 Å². The smallest absolute Gasteiger partial charge is 0.340 e. The fourth-order valence-corrected chi connectivity index (χ4v) is 4.95. The number of carbonyl (C=O) groups is 1. The minimum Gasteiger partial charge on any atom is -0.457 e. The Kier molecular flexibility index (Phi) is 6.62. The molecule has 3 rings (SSSR count). The number of nitrogens with zero attached hydrogens (tertiary/aromatic N) is 1. The molecule has 0 atom stereocenters. The summed E-state index contributed by atoms with van der Waals surface area (Å²) in [5.74, 6) is -0.722. The van der Waals surface area contributed by atoms with Crippen LogP contribution in [-0.2, 0) is 26.1 Å². The molecule has 0 aliphatic carbocycles. The van der Waals surface area contributed by atoms with Crippen molar-refractivity contribution in [3.63, 3.8) is 0 Å². The SMILES string of the molecule is Cc1ccc(COC(=O)c2cc(S(=O)(=O)N3CCOCC3)c(Cl)cc2Cl)cc1. The van der Waals surface area contributed by atoms with Crippen LogP contribution < -0.4 is 0 Å². The number of rotatable bonds is 5. The van der Waals surface area contributed by atoms with E-state index in [-0.39, 0.29) is 40.2 Å². The number of esters is 1. The number of hydrogen-bond acceptors (Lipinski definition) is 5. The molecule has 0 radical (unpaired) electrons. The quantitative estimate of drug-likeness (QED) is 0.658. The molecule has 0 saturated carbocycles. The molecule has 0 N–H and O–H groups in total. The lowest BCUT2D eigenvalue weighted by Gasteiger charge is -2.26. The fourth-order valence-electron chi connectivity index (χ4n) is 2.72. The van der Waals surface area contributed by atoms with Crippen molar-refractivity contribution in [3.05, 3.63) is 63.1 Å². The van der Waals surface area contributed by atoms with Crippen molar-refractivity contribution in [3.8, 4) is 0 Å². The Morgan fingerprint density at radius 1 is 1.11 bits per heavy atom. The van der Waals surface area contributed by atoms with Crippen LogP contribution >= 0.6 is 23.2 Å². The Hall–Kier alpha value is -1.64. The predicted molar refractivity (Wildman–Crippen MR) is 106 cm³/mol. The number of sulfonamides is 1. The van der Waals surface area contributed by atoms with E-state index in [1.165, 1.54) is 16.4 Å². The van der Waals surface area contributed by atoms with Gasteiger partial charge in [-0.2, -0.15) is 4.31 Å². The van der Waals surface area contributed by atoms with Gasteiger partial charge in [0.05, 0.1) is 28.8 Å². The van der Waals surface area contributed by atoms with Crippen LogP contribution in [0.25, 0.3) is 0 Å². The van der Waals surface area contributed by atoms with E-state index < -0.39 is 16.0 Å². The highest BCUT2D eigenvalue weighted by Crippen LogP contribution is 2.31. The van der Waals surface area contributed by atoms with Crippen LogP contribution in [0.5, 0.6) is 0 Å². The molecule has 6 nitrogen and oxygen atoms in total. The van der Waals surface area contributed by atoms with E-state index in [1.54, 1.807) is 0 Å². The Morgan fingerprint density at radius 2 is 1.75 bits per heavy atom. The van der Waals surface area contributed by atoms with E-state index in [4.69, 9.17) is 32.7 Å². The molecule has 0 spiro atoms. The maximum atomic E-state index is 12.9. The van der Waals surface area contributed by atoms with Crippen molar-refractivity contribution >= 4 is 39.2 Å². The summed E-state index contributed by atoms with van der Waals surface area (Å²) < 4.78 is 37.5. The number of aryl methyl sites for hydroxylation is 1. The van der Waals surface area contributed by atoms with Gasteiger partial charge in [-0.05, 0) is 24.6 Å². The monoisotopic (exact) mass is 443 g/mol. The van der Waals surface area contributed by atoms with Crippen molar-refractivity contribution in [2.75, 3.05) is 26.3 Å². The second kappa shape index (κ2) is 8.80. The molecule has 0 bridgehead atoms. The summed E-state index contributed by atoms with van der Waals surface area (Å²) in [5.41, 5.74) is 1.85. The first-order chi connectivity index (χ1) is 13.3. The molecule has 1 aliphatic rings. The number of hydrogen-bond donors (Lipinski definition) is 0. The highest BCUT2D eigenvalue weighted by molar-refractivity contribution is 7.89. The molecule has 0 amide bonds. The molecule has 150 valence electrons. The van der Waals surface area contributed by atoms with Crippen LogP contribution in [0.3, 0.4) is 0 Å². The summed E-state index contributed by atoms with van der Waals surface area (Å²) in [6.45, 7) is 3.04. The number of benzene rings is 2. The highest BCUT2D eigenvalue weighted by atomic mass is 35.5. The van der Waals surface area contributed by atoms with Crippen LogP contribution in [0.4, 0.5) is 0 Å². The van der Waals surface area contributed by atoms with E-state index in [0.29, 0.717) is 13.2 Å². The van der Waals surface area contributed by atoms with E-state index in [2.05, 4.69) is 0 Å². The van der Waals surface area contributed by atoms with Crippen molar-refractivity contribution in [1.82, 2.24) is 4.31 Å². The summed E-state index contributed by atoms with van der Waals surface area (Å²) in [5, 5.41) is -0.0218. The Balaban J connectivity index is 1.84. The molecule has 1 heterocycles. The average Bonchev–Trinajstić information content (AvgIpc) is 2.68. The average molecular weight is 444 g/mol. The second-order valence-corrected chi connectivity index (χ2v) is 9.06. The van der Waals surface area contributed by atoms with Crippen LogP contribution in [0.1, 0.15) is 21.5 Å². The molecular weight excluding hydrogens is 425 g/mol. The van der Waals surface area contributed by atoms with Crippen molar-refractivity contribution in [1.29, 1.82) is 0 Å². The number of carbonyl (C=O) groups excluding carboxylic acids is 1. The molecule has 0 unspecified atom stereocenters. The van der Waals surface area contributed by atoms with Crippen LogP contribution in [-0.4, -0.2) is 45.0 Å². The second-order valence-electron chi connectivity index (χ2n) is 6.34. The zero-order chi connectivity index (χ0) is 20.3. The summed E-state index contributed by atoms with van der Waals surface area (Å²) in [4.78, 5) is 12.3. The molecule has 2 aromatic rings. The topological polar surface area (TPSA) is 72.9 Å². The number of ether oxygens (including phenoxy) is 2. The van der Waals surface area contributed by atoms with Crippen molar-refractivity contribution < 1.29 is 22.7 Å². The van der Waals surface area contributed by atoms with Crippen molar-refractivity contribution in [2.24, 2.45) is 0 Å². The first-order valence-corrected chi connectivity index (χ1v) is 10.8. The first-order valence-electron chi connectivity index (χ1n) is 8.58. The lowest BCUT2D eigenvalue weighted by atomic mass is 10.2. The minimum atomic E-state index is -3.88. The van der Waals surface area contributed by atoms with Gasteiger partial charge in [-0.1, -0.05) is 53.0 Å². The number of halogens is 2. The predicted octanol–water partition coefficient (Wildman–Crippen LogP) is 3.68. The highest BCUT2D eigenvalue weighted by Gasteiger charge is 2.30. The zero-order valence-electron chi connectivity index (χ0n) is 15.2. The van der Waals surface area contributed by atoms with E-state index in [9.17, 15) is 13.2 Å². The van der Waals surface area contributed by atoms with Gasteiger partial charge < -0.3 is 9.47 Å². The summed E-state index contributed by atoms with van der Waals surface area (Å²) in [6.07, 6.45) is 0. The van der Waals surface area contributed by atoms with Gasteiger partial charge in [0.15, 0.2) is 0 Å². The van der Waals surface area contributed by atoms with Crippen molar-refractivity contribution in [2.45, 2.75) is 18.4 Å². The minimum absolute atomic E-state index is 0.0276. The van der Waals surface area contributed by atoms with Gasteiger partial charge in [-0.3, -0.25) is 0 Å². The van der Waals surface area contributed by atoms with Crippen LogP contribution in [0.2, 0.25) is 10.0 Å². The van der Waals surface area contributed by atoms with Gasteiger partial charge in [-0.15, -0.1) is 0 Å². The standard InChI is InChI=1S/C19H19Cl2NO5S/c1-13-2-4-14(5-3-13)12-27-19(23)15-10-18(17(21)11-16(15)20)28(24,25)22-6-8-26-9-7-22/h2-5,10-11H,6-9,12H2,1H3. The lowest BCUT2D eigenvalue weighted by molar-refractivity contribution is 0.0472. The normalized spacial score (nSPS) is 15.4.